The summed E-state index contributed by atoms with van der Waals surface area (Å²) in [5, 5.41) is 3.03. The van der Waals surface area contributed by atoms with Crippen LogP contribution in [0.2, 0.25) is 0 Å². The summed E-state index contributed by atoms with van der Waals surface area (Å²) >= 11 is 2.74. The van der Waals surface area contributed by atoms with Crippen molar-refractivity contribution in [2.75, 3.05) is 5.75 Å². The van der Waals surface area contributed by atoms with Crippen molar-refractivity contribution in [3.05, 3.63) is 92.9 Å². The van der Waals surface area contributed by atoms with E-state index in [1.807, 2.05) is 66.0 Å². The van der Waals surface area contributed by atoms with Crippen LogP contribution in [0.15, 0.2) is 82.1 Å². The van der Waals surface area contributed by atoms with Gasteiger partial charge in [0.25, 0.3) is 5.56 Å². The number of ketones is 1. The molecule has 0 saturated carbocycles. The zero-order valence-electron chi connectivity index (χ0n) is 14.4. The molecule has 134 valence electrons. The number of carbonyl (C=O) groups excluding carboxylic acids is 1. The molecule has 6 heteroatoms. The predicted molar refractivity (Wildman–Crippen MR) is 111 cm³/mol. The molecular formula is C21H16N2O2S2. The van der Waals surface area contributed by atoms with Gasteiger partial charge in [0.1, 0.15) is 0 Å². The van der Waals surface area contributed by atoms with Gasteiger partial charge in [-0.2, -0.15) is 0 Å². The van der Waals surface area contributed by atoms with E-state index in [1.54, 1.807) is 10.6 Å². The molecule has 0 aliphatic heterocycles. The van der Waals surface area contributed by atoms with Crippen LogP contribution in [-0.2, 0) is 6.54 Å². The van der Waals surface area contributed by atoms with Gasteiger partial charge in [0, 0.05) is 0 Å². The van der Waals surface area contributed by atoms with Crippen molar-refractivity contribution < 1.29 is 4.79 Å². The summed E-state index contributed by atoms with van der Waals surface area (Å²) in [6, 6.07) is 20.8. The smallest absolute Gasteiger partial charge is 0.262 e. The standard InChI is InChI=1S/C21H16N2O2S2/c24-18(19-11-6-12-26-19)14-27-21-22-17-10-5-4-9-16(17)20(25)23(21)13-15-7-2-1-3-8-15/h1-12H,13-14H2. The number of hydrogen-bond acceptors (Lipinski definition) is 5. The maximum absolute atomic E-state index is 13.1. The molecule has 4 nitrogen and oxygen atoms in total. The lowest BCUT2D eigenvalue weighted by molar-refractivity contribution is 0.102. The molecule has 2 aromatic carbocycles. The second-order valence-electron chi connectivity index (χ2n) is 5.98. The first kappa shape index (κ1) is 17.7. The number of benzene rings is 2. The molecule has 0 aliphatic rings. The zero-order valence-corrected chi connectivity index (χ0v) is 16.0. The Morgan fingerprint density at radius 3 is 2.56 bits per heavy atom. The molecule has 0 bridgehead atoms. The summed E-state index contributed by atoms with van der Waals surface area (Å²) in [6.07, 6.45) is 0. The van der Waals surface area contributed by atoms with E-state index in [2.05, 4.69) is 4.98 Å². The van der Waals surface area contributed by atoms with Gasteiger partial charge in [-0.1, -0.05) is 60.3 Å². The average molecular weight is 393 g/mol. The minimum atomic E-state index is -0.0875. The number of thiophene rings is 1. The number of para-hydroxylation sites is 1. The van der Waals surface area contributed by atoms with E-state index in [4.69, 9.17) is 0 Å². The molecule has 0 N–H and O–H groups in total. The normalized spacial score (nSPS) is 11.0. The Hall–Kier alpha value is -2.70. The van der Waals surface area contributed by atoms with Crippen molar-refractivity contribution in [3.63, 3.8) is 0 Å². The van der Waals surface area contributed by atoms with Crippen molar-refractivity contribution in [1.82, 2.24) is 9.55 Å². The van der Waals surface area contributed by atoms with Gasteiger partial charge in [-0.25, -0.2) is 4.98 Å². The number of Topliss-reactive ketones (excluding diaryl/α,β-unsaturated/α-hetero) is 1. The SMILES string of the molecule is O=C(CSc1nc2ccccc2c(=O)n1Cc1ccccc1)c1cccs1. The van der Waals surface area contributed by atoms with Crippen LogP contribution in [0.1, 0.15) is 15.2 Å². The highest BCUT2D eigenvalue weighted by molar-refractivity contribution is 7.99. The summed E-state index contributed by atoms with van der Waals surface area (Å²) in [7, 11) is 0. The molecule has 0 radical (unpaired) electrons. The highest BCUT2D eigenvalue weighted by Crippen LogP contribution is 2.21. The molecule has 4 aromatic rings. The fraction of sp³-hybridized carbons (Fsp3) is 0.0952. The molecule has 0 saturated heterocycles. The van der Waals surface area contributed by atoms with E-state index in [-0.39, 0.29) is 17.1 Å². The molecule has 0 aliphatic carbocycles. The van der Waals surface area contributed by atoms with E-state index >= 15 is 0 Å². The van der Waals surface area contributed by atoms with Crippen molar-refractivity contribution in [2.45, 2.75) is 11.7 Å². The first-order valence-corrected chi connectivity index (χ1v) is 10.3. The molecule has 0 spiro atoms. The molecule has 0 atom stereocenters. The summed E-state index contributed by atoms with van der Waals surface area (Å²) in [5.41, 5.74) is 1.58. The van der Waals surface area contributed by atoms with Crippen molar-refractivity contribution in [1.29, 1.82) is 0 Å². The maximum atomic E-state index is 13.1. The van der Waals surface area contributed by atoms with Crippen LogP contribution >= 0.6 is 23.1 Å². The van der Waals surface area contributed by atoms with Gasteiger partial charge in [0.05, 0.1) is 28.1 Å². The van der Waals surface area contributed by atoms with E-state index in [9.17, 15) is 9.59 Å². The summed E-state index contributed by atoms with van der Waals surface area (Å²) in [5.74, 6) is 0.295. The fourth-order valence-corrected chi connectivity index (χ4v) is 4.44. The number of nitrogens with zero attached hydrogens (tertiary/aromatic N) is 2. The Kier molecular flexibility index (Phi) is 5.18. The molecule has 4 rings (SSSR count). The third kappa shape index (κ3) is 3.86. The van der Waals surface area contributed by atoms with E-state index in [0.29, 0.717) is 22.6 Å². The van der Waals surface area contributed by atoms with Gasteiger partial charge in [0.15, 0.2) is 10.9 Å². The quantitative estimate of drug-likeness (QED) is 0.276. The Morgan fingerprint density at radius 2 is 1.78 bits per heavy atom. The van der Waals surface area contributed by atoms with Gasteiger partial charge in [-0.15, -0.1) is 11.3 Å². The topological polar surface area (TPSA) is 52.0 Å². The van der Waals surface area contributed by atoms with Crippen molar-refractivity contribution >= 4 is 39.8 Å². The highest BCUT2D eigenvalue weighted by atomic mass is 32.2. The predicted octanol–water partition coefficient (Wildman–Crippen LogP) is 4.48. The number of hydrogen-bond donors (Lipinski definition) is 0. The van der Waals surface area contributed by atoms with Crippen LogP contribution in [0.3, 0.4) is 0 Å². The Bertz CT molecular complexity index is 1140. The van der Waals surface area contributed by atoms with E-state index in [0.717, 1.165) is 10.4 Å². The number of rotatable bonds is 6. The fourth-order valence-electron chi connectivity index (χ4n) is 2.80. The minimum absolute atomic E-state index is 0.0451. The van der Waals surface area contributed by atoms with Crippen LogP contribution in [0, 0.1) is 0 Å². The molecule has 0 fully saturated rings. The largest absolute Gasteiger partial charge is 0.292 e. The summed E-state index contributed by atoms with van der Waals surface area (Å²) in [6.45, 7) is 0.424. The van der Waals surface area contributed by atoms with Crippen LogP contribution in [0.5, 0.6) is 0 Å². The van der Waals surface area contributed by atoms with Gasteiger partial charge >= 0.3 is 0 Å². The summed E-state index contributed by atoms with van der Waals surface area (Å²) < 4.78 is 1.66. The minimum Gasteiger partial charge on any atom is -0.292 e. The maximum Gasteiger partial charge on any atom is 0.262 e. The van der Waals surface area contributed by atoms with Crippen LogP contribution in [0.25, 0.3) is 10.9 Å². The Labute approximate surface area is 164 Å². The molecule has 2 aromatic heterocycles. The third-order valence-corrected chi connectivity index (χ3v) is 6.03. The molecule has 0 amide bonds. The number of carbonyl (C=O) groups is 1. The average Bonchev–Trinajstić information content (AvgIpc) is 3.24. The van der Waals surface area contributed by atoms with Crippen molar-refractivity contribution in [2.24, 2.45) is 0 Å². The van der Waals surface area contributed by atoms with Gasteiger partial charge in [-0.05, 0) is 29.1 Å². The second-order valence-corrected chi connectivity index (χ2v) is 7.87. The van der Waals surface area contributed by atoms with E-state index in [1.165, 1.54) is 23.1 Å². The Balaban J connectivity index is 1.72. The van der Waals surface area contributed by atoms with Gasteiger partial charge in [0.2, 0.25) is 0 Å². The highest BCUT2D eigenvalue weighted by Gasteiger charge is 2.14. The molecule has 0 unspecified atom stereocenters. The third-order valence-electron chi connectivity index (χ3n) is 4.14. The second kappa shape index (κ2) is 7.90. The first-order chi connectivity index (χ1) is 13.2. The van der Waals surface area contributed by atoms with Crippen LogP contribution in [-0.4, -0.2) is 21.1 Å². The number of fused-ring (bicyclic) bond motifs is 1. The lowest BCUT2D eigenvalue weighted by Crippen LogP contribution is -2.24. The number of thioether (sulfide) groups is 1. The lowest BCUT2D eigenvalue weighted by atomic mass is 10.2. The van der Waals surface area contributed by atoms with Crippen LogP contribution in [0.4, 0.5) is 0 Å². The summed E-state index contributed by atoms with van der Waals surface area (Å²) in [4.78, 5) is 30.8. The number of aromatic nitrogens is 2. The molecule has 27 heavy (non-hydrogen) atoms. The molecule has 2 heterocycles. The van der Waals surface area contributed by atoms with Crippen molar-refractivity contribution in [3.8, 4) is 0 Å². The molecular weight excluding hydrogens is 376 g/mol. The van der Waals surface area contributed by atoms with Gasteiger partial charge < -0.3 is 0 Å². The van der Waals surface area contributed by atoms with Gasteiger partial charge in [-0.3, -0.25) is 14.2 Å². The lowest BCUT2D eigenvalue weighted by Gasteiger charge is -2.13. The van der Waals surface area contributed by atoms with E-state index < -0.39 is 0 Å². The first-order valence-electron chi connectivity index (χ1n) is 8.45. The van der Waals surface area contributed by atoms with Crippen LogP contribution < -0.4 is 5.56 Å². The Morgan fingerprint density at radius 1 is 1.00 bits per heavy atom. The monoisotopic (exact) mass is 392 g/mol. The zero-order chi connectivity index (χ0) is 18.6.